The Bertz CT molecular complexity index is 1120. The van der Waals surface area contributed by atoms with Crippen molar-refractivity contribution in [3.63, 3.8) is 0 Å². The monoisotopic (exact) mass is 392 g/mol. The number of fused-ring (bicyclic) bond motifs is 1. The van der Waals surface area contributed by atoms with Crippen molar-refractivity contribution >= 4 is 40.0 Å². The lowest BCUT2D eigenvalue weighted by Crippen LogP contribution is -2.14. The fourth-order valence-electron chi connectivity index (χ4n) is 2.87. The molecule has 0 saturated carbocycles. The Morgan fingerprint density at radius 3 is 2.39 bits per heavy atom. The molecule has 0 aliphatic rings. The molecule has 6 heteroatoms. The highest BCUT2D eigenvalue weighted by Gasteiger charge is 2.14. The van der Waals surface area contributed by atoms with Gasteiger partial charge in [0.15, 0.2) is 0 Å². The fourth-order valence-corrected chi connectivity index (χ4v) is 3.04. The Kier molecular flexibility index (Phi) is 5.83. The first-order chi connectivity index (χ1) is 13.6. The van der Waals surface area contributed by atoms with Crippen molar-refractivity contribution in [2.75, 3.05) is 19.5 Å². The lowest BCUT2D eigenvalue weighted by atomic mass is 10.0. The summed E-state index contributed by atoms with van der Waals surface area (Å²) >= 11 is 6.00. The van der Waals surface area contributed by atoms with Gasteiger partial charge in [0.05, 0.1) is 19.9 Å². The second-order valence-corrected chi connectivity index (χ2v) is 6.31. The van der Waals surface area contributed by atoms with Gasteiger partial charge in [0.2, 0.25) is 0 Å². The number of hydrogen-bond acceptors (Lipinski definition) is 4. The van der Waals surface area contributed by atoms with E-state index in [0.717, 1.165) is 22.1 Å². The highest BCUT2D eigenvalue weighted by atomic mass is 35.5. The van der Waals surface area contributed by atoms with Gasteiger partial charge in [0.25, 0.3) is 5.91 Å². The lowest BCUT2D eigenvalue weighted by Gasteiger charge is -2.11. The van der Waals surface area contributed by atoms with E-state index < -0.39 is 5.91 Å². The minimum atomic E-state index is -0.553. The second kappa shape index (κ2) is 8.47. The van der Waals surface area contributed by atoms with Crippen LogP contribution in [0.4, 0.5) is 5.69 Å². The third kappa shape index (κ3) is 3.93. The van der Waals surface area contributed by atoms with Crippen LogP contribution < -0.4 is 14.8 Å². The van der Waals surface area contributed by atoms with Crippen molar-refractivity contribution in [1.29, 1.82) is 5.26 Å². The molecule has 0 atom stereocenters. The molecule has 3 aromatic carbocycles. The van der Waals surface area contributed by atoms with Crippen LogP contribution in [-0.4, -0.2) is 20.1 Å². The van der Waals surface area contributed by atoms with Crippen LogP contribution in [0.3, 0.4) is 0 Å². The molecule has 0 fully saturated rings. The topological polar surface area (TPSA) is 71.3 Å². The Morgan fingerprint density at radius 1 is 1.04 bits per heavy atom. The normalized spacial score (nSPS) is 11.0. The second-order valence-electron chi connectivity index (χ2n) is 5.87. The number of carbonyl (C=O) groups excluding carboxylic acids is 1. The highest BCUT2D eigenvalue weighted by molar-refractivity contribution is 6.31. The van der Waals surface area contributed by atoms with Crippen molar-refractivity contribution in [3.8, 4) is 17.6 Å². The molecule has 5 nitrogen and oxygen atoms in total. The average Bonchev–Trinajstić information content (AvgIpc) is 2.72. The van der Waals surface area contributed by atoms with Crippen LogP contribution in [0, 0.1) is 11.3 Å². The summed E-state index contributed by atoms with van der Waals surface area (Å²) < 4.78 is 10.6. The molecule has 0 bridgehead atoms. The molecule has 3 aromatic rings. The minimum Gasteiger partial charge on any atom is -0.496 e. The maximum atomic E-state index is 12.7. The molecule has 0 aliphatic carbocycles. The van der Waals surface area contributed by atoms with E-state index in [9.17, 15) is 10.1 Å². The molecule has 3 rings (SSSR count). The molecule has 140 valence electrons. The van der Waals surface area contributed by atoms with Crippen LogP contribution in [0.2, 0.25) is 5.02 Å². The SMILES string of the molecule is COc1ccc(Cl)cc1NC(=O)/C(C#N)=C/c1ccc(OC)c2ccccc12. The van der Waals surface area contributed by atoms with Crippen LogP contribution in [-0.2, 0) is 4.79 Å². The first-order valence-corrected chi connectivity index (χ1v) is 8.77. The van der Waals surface area contributed by atoms with E-state index in [4.69, 9.17) is 21.1 Å². The van der Waals surface area contributed by atoms with E-state index >= 15 is 0 Å². The molecular formula is C22H17ClN2O3. The predicted octanol–water partition coefficient (Wildman–Crippen LogP) is 5.06. The van der Waals surface area contributed by atoms with Crippen molar-refractivity contribution in [3.05, 3.63) is 70.8 Å². The highest BCUT2D eigenvalue weighted by Crippen LogP contribution is 2.31. The van der Waals surface area contributed by atoms with Crippen LogP contribution in [0.25, 0.3) is 16.8 Å². The van der Waals surface area contributed by atoms with Gasteiger partial charge >= 0.3 is 0 Å². The number of nitrogens with zero attached hydrogens (tertiary/aromatic N) is 1. The fraction of sp³-hybridized carbons (Fsp3) is 0.0909. The molecule has 28 heavy (non-hydrogen) atoms. The van der Waals surface area contributed by atoms with E-state index in [1.807, 2.05) is 36.4 Å². The number of nitriles is 1. The zero-order chi connectivity index (χ0) is 20.1. The number of ether oxygens (including phenoxy) is 2. The van der Waals surface area contributed by atoms with E-state index in [-0.39, 0.29) is 5.57 Å². The summed E-state index contributed by atoms with van der Waals surface area (Å²) in [6.45, 7) is 0. The maximum absolute atomic E-state index is 12.7. The van der Waals surface area contributed by atoms with Crippen LogP contribution in [0.5, 0.6) is 11.5 Å². The Hall–Kier alpha value is -3.49. The number of methoxy groups -OCH3 is 2. The van der Waals surface area contributed by atoms with E-state index in [0.29, 0.717) is 16.5 Å². The van der Waals surface area contributed by atoms with E-state index in [2.05, 4.69) is 5.32 Å². The van der Waals surface area contributed by atoms with Gasteiger partial charge in [0, 0.05) is 10.4 Å². The third-order valence-electron chi connectivity index (χ3n) is 4.21. The van der Waals surface area contributed by atoms with Gasteiger partial charge in [-0.3, -0.25) is 4.79 Å². The van der Waals surface area contributed by atoms with E-state index in [1.165, 1.54) is 7.11 Å². The maximum Gasteiger partial charge on any atom is 0.266 e. The Morgan fingerprint density at radius 2 is 1.71 bits per heavy atom. The Balaban J connectivity index is 1.99. The van der Waals surface area contributed by atoms with Gasteiger partial charge in [-0.05, 0) is 41.3 Å². The number of amides is 1. The first kappa shape index (κ1) is 19.3. The van der Waals surface area contributed by atoms with Crippen LogP contribution in [0.1, 0.15) is 5.56 Å². The van der Waals surface area contributed by atoms with Crippen molar-refractivity contribution in [1.82, 2.24) is 0 Å². The minimum absolute atomic E-state index is 0.0441. The van der Waals surface area contributed by atoms with Gasteiger partial charge in [0.1, 0.15) is 23.1 Å². The van der Waals surface area contributed by atoms with E-state index in [1.54, 1.807) is 37.5 Å². The number of hydrogen-bond donors (Lipinski definition) is 1. The van der Waals surface area contributed by atoms with Crippen molar-refractivity contribution in [2.24, 2.45) is 0 Å². The van der Waals surface area contributed by atoms with Gasteiger partial charge in [-0.1, -0.05) is 41.9 Å². The van der Waals surface area contributed by atoms with Gasteiger partial charge in [-0.25, -0.2) is 0 Å². The number of nitrogens with one attached hydrogen (secondary N) is 1. The quantitative estimate of drug-likeness (QED) is 0.486. The van der Waals surface area contributed by atoms with Crippen molar-refractivity contribution in [2.45, 2.75) is 0 Å². The van der Waals surface area contributed by atoms with Crippen LogP contribution >= 0.6 is 11.6 Å². The summed E-state index contributed by atoms with van der Waals surface area (Å²) in [5.74, 6) is 0.618. The number of halogens is 1. The molecule has 0 aliphatic heterocycles. The Labute approximate surface area is 167 Å². The summed E-state index contributed by atoms with van der Waals surface area (Å²) in [7, 11) is 3.09. The number of benzene rings is 3. The number of carbonyl (C=O) groups is 1. The first-order valence-electron chi connectivity index (χ1n) is 8.39. The smallest absolute Gasteiger partial charge is 0.266 e. The molecule has 0 unspecified atom stereocenters. The van der Waals surface area contributed by atoms with Gasteiger partial charge in [-0.2, -0.15) is 5.26 Å². The lowest BCUT2D eigenvalue weighted by molar-refractivity contribution is -0.112. The molecule has 0 aromatic heterocycles. The third-order valence-corrected chi connectivity index (χ3v) is 4.45. The summed E-state index contributed by atoms with van der Waals surface area (Å²) in [6.07, 6.45) is 1.55. The molecule has 0 heterocycles. The predicted molar refractivity (Wildman–Crippen MR) is 111 cm³/mol. The number of rotatable bonds is 5. The molecule has 1 amide bonds. The standard InChI is InChI=1S/C22H17ClN2O3/c1-27-20-9-7-14(17-5-3-4-6-18(17)20)11-15(13-24)22(26)25-19-12-16(23)8-10-21(19)28-2/h3-12H,1-2H3,(H,25,26)/b15-11+. The largest absolute Gasteiger partial charge is 0.496 e. The molecule has 1 N–H and O–H groups in total. The summed E-state index contributed by atoms with van der Waals surface area (Å²) in [6, 6.07) is 18.1. The molecule has 0 saturated heterocycles. The number of anilines is 1. The molecular weight excluding hydrogens is 376 g/mol. The summed E-state index contributed by atoms with van der Waals surface area (Å²) in [5, 5.41) is 14.4. The zero-order valence-corrected chi connectivity index (χ0v) is 16.1. The van der Waals surface area contributed by atoms with Gasteiger partial charge in [-0.15, -0.1) is 0 Å². The van der Waals surface area contributed by atoms with Gasteiger partial charge < -0.3 is 14.8 Å². The molecule has 0 radical (unpaired) electrons. The summed E-state index contributed by atoms with van der Waals surface area (Å²) in [5.41, 5.74) is 1.08. The average molecular weight is 393 g/mol. The molecule has 0 spiro atoms. The van der Waals surface area contributed by atoms with Crippen molar-refractivity contribution < 1.29 is 14.3 Å². The van der Waals surface area contributed by atoms with Crippen LogP contribution in [0.15, 0.2) is 60.2 Å². The zero-order valence-electron chi connectivity index (χ0n) is 15.3. The summed E-state index contributed by atoms with van der Waals surface area (Å²) in [4.78, 5) is 12.7.